The van der Waals surface area contributed by atoms with E-state index in [1.807, 2.05) is 0 Å². The monoisotopic (exact) mass is 679 g/mol. The highest BCUT2D eigenvalue weighted by Gasteiger charge is 2.34. The van der Waals surface area contributed by atoms with Crippen LogP contribution in [0.5, 0.6) is 11.5 Å². The van der Waals surface area contributed by atoms with Gasteiger partial charge in [-0.2, -0.15) is 18.2 Å². The Morgan fingerprint density at radius 2 is 1.83 bits per heavy atom. The molecule has 0 radical (unpaired) electrons. The standard InChI is InChI=1S/C29H23F6N7O4S/c1-16-3-7-22(45-10-9-28(30,31)32)21(11-16)42-24(43)14-47-27(42)39-26(44)38-20-6-4-18(12-17(20)2)25-37-15-41(40-25)23-8-5-19(13-36-23)46-29(33,34)35/h3-8,11-13,15H,9-10,14H2,1-2H3,(H,38,44). The van der Waals surface area contributed by atoms with E-state index in [9.17, 15) is 35.9 Å². The minimum atomic E-state index is -4.85. The molecule has 0 atom stereocenters. The summed E-state index contributed by atoms with van der Waals surface area (Å²) in [5, 5.41) is 6.98. The van der Waals surface area contributed by atoms with Crippen molar-refractivity contribution in [2.45, 2.75) is 32.8 Å². The van der Waals surface area contributed by atoms with Crippen molar-refractivity contribution in [3.8, 4) is 28.7 Å². The number of rotatable bonds is 8. The third-order valence-corrected chi connectivity index (χ3v) is 7.29. The van der Waals surface area contributed by atoms with Crippen molar-refractivity contribution in [2.24, 2.45) is 4.99 Å². The Hall–Kier alpha value is -5.13. The molecule has 0 aliphatic carbocycles. The second-order valence-electron chi connectivity index (χ2n) is 9.97. The van der Waals surface area contributed by atoms with Gasteiger partial charge in [0.25, 0.3) is 0 Å². The molecule has 1 saturated heterocycles. The van der Waals surface area contributed by atoms with Gasteiger partial charge in [-0.15, -0.1) is 18.3 Å². The molecule has 47 heavy (non-hydrogen) atoms. The zero-order chi connectivity index (χ0) is 33.9. The number of alkyl halides is 6. The van der Waals surface area contributed by atoms with Crippen LogP contribution in [0, 0.1) is 13.8 Å². The Morgan fingerprint density at radius 1 is 1.04 bits per heavy atom. The zero-order valence-corrected chi connectivity index (χ0v) is 25.2. The van der Waals surface area contributed by atoms with Gasteiger partial charge in [-0.25, -0.2) is 19.4 Å². The average molecular weight is 680 g/mol. The molecule has 0 bridgehead atoms. The maximum Gasteiger partial charge on any atom is 0.573 e. The van der Waals surface area contributed by atoms with Crippen molar-refractivity contribution in [3.63, 3.8) is 0 Å². The lowest BCUT2D eigenvalue weighted by Gasteiger charge is -2.21. The van der Waals surface area contributed by atoms with Crippen molar-refractivity contribution < 1.29 is 45.4 Å². The second-order valence-corrected chi connectivity index (χ2v) is 10.9. The number of benzene rings is 2. The summed E-state index contributed by atoms with van der Waals surface area (Å²) in [6, 6.07) is 11.1. The largest absolute Gasteiger partial charge is 0.573 e. The number of amides is 3. The first-order valence-electron chi connectivity index (χ1n) is 13.6. The number of aryl methyl sites for hydroxylation is 2. The SMILES string of the molecule is Cc1ccc(OCCC(F)(F)F)c(N2C(=O)CSC2=NC(=O)Nc2ccc(-c3ncn(-c4ccc(OC(F)(F)F)cn4)n3)cc2C)c1. The maximum absolute atomic E-state index is 12.9. The van der Waals surface area contributed by atoms with Gasteiger partial charge in [-0.1, -0.05) is 17.8 Å². The summed E-state index contributed by atoms with van der Waals surface area (Å²) in [6.45, 7) is 2.79. The molecule has 246 valence electrons. The fourth-order valence-electron chi connectivity index (χ4n) is 4.26. The highest BCUT2D eigenvalue weighted by molar-refractivity contribution is 8.15. The molecule has 1 aliphatic heterocycles. The van der Waals surface area contributed by atoms with Gasteiger partial charge in [-0.3, -0.25) is 9.69 Å². The molecule has 2 aromatic heterocycles. The van der Waals surface area contributed by atoms with Gasteiger partial charge in [0.2, 0.25) is 5.91 Å². The number of thioether (sulfide) groups is 1. The minimum Gasteiger partial charge on any atom is -0.491 e. The Bertz CT molecular complexity index is 1830. The molecule has 18 heteroatoms. The van der Waals surface area contributed by atoms with Crippen LogP contribution >= 0.6 is 11.8 Å². The predicted octanol–water partition coefficient (Wildman–Crippen LogP) is 6.84. The van der Waals surface area contributed by atoms with Crippen molar-refractivity contribution in [1.29, 1.82) is 0 Å². The highest BCUT2D eigenvalue weighted by atomic mass is 32.2. The number of anilines is 2. The second kappa shape index (κ2) is 13.3. The predicted molar refractivity (Wildman–Crippen MR) is 160 cm³/mol. The lowest BCUT2D eigenvalue weighted by atomic mass is 10.1. The Labute approximate surface area is 266 Å². The van der Waals surface area contributed by atoms with Crippen LogP contribution in [0.25, 0.3) is 17.2 Å². The first-order valence-corrected chi connectivity index (χ1v) is 14.5. The van der Waals surface area contributed by atoms with Crippen LogP contribution in [0.2, 0.25) is 0 Å². The van der Waals surface area contributed by atoms with Crippen molar-refractivity contribution >= 4 is 40.2 Å². The molecular weight excluding hydrogens is 656 g/mol. The number of ether oxygens (including phenoxy) is 2. The molecule has 4 aromatic rings. The van der Waals surface area contributed by atoms with E-state index in [4.69, 9.17) is 4.74 Å². The number of hydrogen-bond donors (Lipinski definition) is 1. The van der Waals surface area contributed by atoms with Crippen LogP contribution in [-0.2, 0) is 4.79 Å². The normalized spacial score (nSPS) is 14.5. The van der Waals surface area contributed by atoms with Crippen LogP contribution in [0.15, 0.2) is 66.0 Å². The lowest BCUT2D eigenvalue weighted by Crippen LogP contribution is -2.31. The summed E-state index contributed by atoms with van der Waals surface area (Å²) < 4.78 is 85.7. The van der Waals surface area contributed by atoms with Crippen LogP contribution in [0.3, 0.4) is 0 Å². The molecule has 5 rings (SSSR count). The number of aliphatic imine (C=N–C) groups is 1. The van der Waals surface area contributed by atoms with Crippen molar-refractivity contribution in [1.82, 2.24) is 19.7 Å². The van der Waals surface area contributed by atoms with Gasteiger partial charge >= 0.3 is 18.6 Å². The number of carbonyl (C=O) groups is 2. The third kappa shape index (κ3) is 8.57. The van der Waals surface area contributed by atoms with E-state index in [0.29, 0.717) is 22.4 Å². The van der Waals surface area contributed by atoms with E-state index in [-0.39, 0.29) is 34.0 Å². The minimum absolute atomic E-state index is 0.0226. The molecular formula is C29H23F6N7O4S. The van der Waals surface area contributed by atoms with Gasteiger partial charge < -0.3 is 14.8 Å². The van der Waals surface area contributed by atoms with Crippen LogP contribution < -0.4 is 19.7 Å². The third-order valence-electron chi connectivity index (χ3n) is 6.37. The number of carbonyl (C=O) groups excluding carboxylic acids is 2. The van der Waals surface area contributed by atoms with Crippen LogP contribution in [0.1, 0.15) is 17.5 Å². The highest BCUT2D eigenvalue weighted by Crippen LogP contribution is 2.36. The van der Waals surface area contributed by atoms with Gasteiger partial charge in [-0.05, 0) is 67.4 Å². The fraction of sp³-hybridized carbons (Fsp3) is 0.241. The molecule has 0 spiro atoms. The number of nitrogens with zero attached hydrogens (tertiary/aromatic N) is 6. The Morgan fingerprint density at radius 3 is 2.51 bits per heavy atom. The quantitative estimate of drug-likeness (QED) is 0.201. The van der Waals surface area contributed by atoms with Crippen molar-refractivity contribution in [3.05, 3.63) is 72.2 Å². The summed E-state index contributed by atoms with van der Waals surface area (Å²) in [5.41, 5.74) is 2.42. The molecule has 0 unspecified atom stereocenters. The first-order chi connectivity index (χ1) is 22.1. The van der Waals surface area contributed by atoms with E-state index in [1.165, 1.54) is 23.1 Å². The van der Waals surface area contributed by atoms with E-state index in [2.05, 4.69) is 30.1 Å². The number of halogens is 6. The lowest BCUT2D eigenvalue weighted by molar-refractivity contribution is -0.274. The summed E-state index contributed by atoms with van der Waals surface area (Å²) in [5.74, 6) is -0.459. The first kappa shape index (κ1) is 33.2. The summed E-state index contributed by atoms with van der Waals surface area (Å²) in [4.78, 5) is 39.1. The topological polar surface area (TPSA) is 124 Å². The summed E-state index contributed by atoms with van der Waals surface area (Å²) >= 11 is 0.991. The molecule has 2 aromatic carbocycles. The maximum atomic E-state index is 12.9. The van der Waals surface area contributed by atoms with Crippen molar-refractivity contribution in [2.75, 3.05) is 22.6 Å². The molecule has 11 nitrogen and oxygen atoms in total. The van der Waals surface area contributed by atoms with Crippen LogP contribution in [0.4, 0.5) is 42.5 Å². The van der Waals surface area contributed by atoms with E-state index < -0.39 is 43.3 Å². The van der Waals surface area contributed by atoms with Crippen LogP contribution in [-0.4, -0.2) is 61.8 Å². The number of hydrogen-bond acceptors (Lipinski definition) is 8. The van der Waals surface area contributed by atoms with E-state index in [0.717, 1.165) is 28.9 Å². The summed E-state index contributed by atoms with van der Waals surface area (Å²) in [6.07, 6.45) is -8.22. The number of urea groups is 1. The fourth-order valence-corrected chi connectivity index (χ4v) is 5.12. The number of amidine groups is 1. The molecule has 1 N–H and O–H groups in total. The molecule has 3 amide bonds. The van der Waals surface area contributed by atoms with Gasteiger partial charge in [0.1, 0.15) is 17.8 Å². The van der Waals surface area contributed by atoms with Gasteiger partial charge in [0, 0.05) is 11.3 Å². The van der Waals surface area contributed by atoms with E-state index >= 15 is 0 Å². The molecule has 1 fully saturated rings. The van der Waals surface area contributed by atoms with E-state index in [1.54, 1.807) is 44.2 Å². The Kier molecular flexibility index (Phi) is 9.41. The summed E-state index contributed by atoms with van der Waals surface area (Å²) in [7, 11) is 0. The zero-order valence-electron chi connectivity index (χ0n) is 24.4. The Balaban J connectivity index is 1.29. The number of nitrogens with one attached hydrogen (secondary N) is 1. The van der Waals surface area contributed by atoms with Gasteiger partial charge in [0.05, 0.1) is 30.7 Å². The molecule has 1 aliphatic rings. The average Bonchev–Trinajstić information content (AvgIpc) is 3.61. The van der Waals surface area contributed by atoms with Gasteiger partial charge in [0.15, 0.2) is 16.8 Å². The number of pyridine rings is 1. The number of aromatic nitrogens is 4. The molecule has 3 heterocycles. The molecule has 0 saturated carbocycles. The smallest absolute Gasteiger partial charge is 0.491 e.